The number of thioether (sulfide) groups is 1. The van der Waals surface area contributed by atoms with Crippen LogP contribution in [-0.2, 0) is 15.9 Å². The average Bonchev–Trinajstić information content (AvgIpc) is 3.10. The molecule has 0 radical (unpaired) electrons. The smallest absolute Gasteiger partial charge is 0.388 e. The molecule has 6 nitrogen and oxygen atoms in total. The third kappa shape index (κ3) is 5.25. The molecule has 1 aromatic carbocycles. The Hall–Kier alpha value is -1.40. The average molecular weight is 452 g/mol. The molecule has 3 rings (SSSR count). The number of nitrogens with zero attached hydrogens (tertiary/aromatic N) is 2. The van der Waals surface area contributed by atoms with Crippen molar-refractivity contribution >= 4 is 16.9 Å². The van der Waals surface area contributed by atoms with Crippen LogP contribution in [0.1, 0.15) is 12.0 Å². The van der Waals surface area contributed by atoms with Gasteiger partial charge in [0, 0.05) is 20.7 Å². The normalized spacial score (nSPS) is 30.0. The molecule has 11 heteroatoms. The third-order valence-electron chi connectivity index (χ3n) is 4.91. The Morgan fingerprint density at radius 2 is 1.87 bits per heavy atom. The highest BCUT2D eigenvalue weighted by molar-refractivity contribution is 8.14. The molecule has 168 valence electrons. The number of rotatable bonds is 6. The van der Waals surface area contributed by atoms with Crippen molar-refractivity contribution in [3.05, 3.63) is 35.6 Å². The van der Waals surface area contributed by atoms with Crippen LogP contribution in [0.25, 0.3) is 0 Å². The zero-order chi connectivity index (χ0) is 22.1. The van der Waals surface area contributed by atoms with Gasteiger partial charge >= 0.3 is 6.18 Å². The van der Waals surface area contributed by atoms with E-state index in [-0.39, 0.29) is 13.0 Å². The topological polar surface area (TPSA) is 74.5 Å². The van der Waals surface area contributed by atoms with E-state index in [1.165, 1.54) is 12.1 Å². The standard InChI is InChI=1S/C19H24F4N2O4S/c1-25(2)18-24-12-13(26)14(27)15(29-17(12)30-18)16(19(21,22)23)28-9-3-4-10-5-7-11(20)8-6-10/h5-8,12-17,26-27H,3-4,9H2,1-2H3/t12-,13-,14+,15+,16+,17-/m1/s1. The van der Waals surface area contributed by atoms with Gasteiger partial charge in [-0.15, -0.1) is 0 Å². The Balaban J connectivity index is 1.63. The van der Waals surface area contributed by atoms with Gasteiger partial charge in [-0.3, -0.25) is 4.99 Å². The van der Waals surface area contributed by atoms with Gasteiger partial charge in [-0.1, -0.05) is 23.9 Å². The molecule has 1 fully saturated rings. The molecular weight excluding hydrogens is 428 g/mol. The van der Waals surface area contributed by atoms with E-state index in [9.17, 15) is 27.8 Å². The molecule has 1 aromatic rings. The molecular formula is C19H24F4N2O4S. The molecule has 2 heterocycles. The van der Waals surface area contributed by atoms with Gasteiger partial charge in [0.15, 0.2) is 11.3 Å². The van der Waals surface area contributed by atoms with Crippen LogP contribution in [0, 0.1) is 5.82 Å². The lowest BCUT2D eigenvalue weighted by atomic mass is 9.94. The van der Waals surface area contributed by atoms with E-state index in [1.54, 1.807) is 31.1 Å². The number of aliphatic hydroxyl groups excluding tert-OH is 2. The Bertz CT molecular complexity index is 747. The van der Waals surface area contributed by atoms with E-state index in [1.807, 2.05) is 0 Å². The first-order valence-electron chi connectivity index (χ1n) is 9.44. The fourth-order valence-electron chi connectivity index (χ4n) is 3.35. The zero-order valence-corrected chi connectivity index (χ0v) is 17.2. The van der Waals surface area contributed by atoms with Crippen molar-refractivity contribution in [2.45, 2.75) is 54.9 Å². The molecule has 2 aliphatic heterocycles. The summed E-state index contributed by atoms with van der Waals surface area (Å²) >= 11 is 1.10. The van der Waals surface area contributed by atoms with Crippen molar-refractivity contribution in [3.8, 4) is 0 Å². The maximum Gasteiger partial charge on any atom is 0.417 e. The predicted molar refractivity (Wildman–Crippen MR) is 104 cm³/mol. The van der Waals surface area contributed by atoms with Crippen LogP contribution in [0.2, 0.25) is 0 Å². The predicted octanol–water partition coefficient (Wildman–Crippen LogP) is 2.19. The Morgan fingerprint density at radius 1 is 1.20 bits per heavy atom. The summed E-state index contributed by atoms with van der Waals surface area (Å²) in [6.07, 6.45) is -11.6. The van der Waals surface area contributed by atoms with Crippen LogP contribution in [0.5, 0.6) is 0 Å². The summed E-state index contributed by atoms with van der Waals surface area (Å²) in [5, 5.41) is 21.2. The number of ether oxygens (including phenoxy) is 2. The highest BCUT2D eigenvalue weighted by Crippen LogP contribution is 2.40. The third-order valence-corrected chi connectivity index (χ3v) is 6.22. The van der Waals surface area contributed by atoms with Crippen molar-refractivity contribution in [2.75, 3.05) is 20.7 Å². The number of benzene rings is 1. The number of amidine groups is 1. The van der Waals surface area contributed by atoms with E-state index in [0.717, 1.165) is 17.3 Å². The van der Waals surface area contributed by atoms with Gasteiger partial charge in [0.05, 0.1) is 0 Å². The molecule has 2 N–H and O–H groups in total. The van der Waals surface area contributed by atoms with Gasteiger partial charge in [0.2, 0.25) is 0 Å². The molecule has 1 saturated heterocycles. The lowest BCUT2D eigenvalue weighted by molar-refractivity contribution is -0.284. The summed E-state index contributed by atoms with van der Waals surface area (Å²) < 4.78 is 64.5. The quantitative estimate of drug-likeness (QED) is 0.509. The minimum Gasteiger partial charge on any atom is -0.388 e. The first kappa shape index (κ1) is 23.3. The van der Waals surface area contributed by atoms with Gasteiger partial charge in [0.25, 0.3) is 0 Å². The number of aliphatic hydroxyl groups is 2. The fourth-order valence-corrected chi connectivity index (χ4v) is 4.50. The number of hydrogen-bond donors (Lipinski definition) is 2. The molecule has 0 amide bonds. The first-order valence-corrected chi connectivity index (χ1v) is 10.3. The van der Waals surface area contributed by atoms with E-state index in [4.69, 9.17) is 9.47 Å². The summed E-state index contributed by atoms with van der Waals surface area (Å²) in [4.78, 5) is 5.89. The monoisotopic (exact) mass is 452 g/mol. The molecule has 0 aliphatic carbocycles. The molecule has 0 aromatic heterocycles. The van der Waals surface area contributed by atoms with Crippen LogP contribution in [-0.4, -0.2) is 83.1 Å². The zero-order valence-electron chi connectivity index (χ0n) is 16.4. The molecule has 0 unspecified atom stereocenters. The number of aliphatic imine (C=N–C) groups is 1. The van der Waals surface area contributed by atoms with Gasteiger partial charge in [-0.2, -0.15) is 13.2 Å². The molecule has 30 heavy (non-hydrogen) atoms. The Labute approximate surface area is 175 Å². The van der Waals surface area contributed by atoms with E-state index < -0.39 is 47.9 Å². The van der Waals surface area contributed by atoms with E-state index >= 15 is 0 Å². The largest absolute Gasteiger partial charge is 0.417 e. The minimum absolute atomic E-state index is 0.245. The Morgan fingerprint density at radius 3 is 2.47 bits per heavy atom. The van der Waals surface area contributed by atoms with Crippen LogP contribution < -0.4 is 0 Å². The SMILES string of the molecule is CN(C)C1=N[C@@H]2[C@@H](O)[C@H](O)[C@@H]([C@H](OCCCc3ccc(F)cc3)C(F)(F)F)O[C@@H]2S1. The summed E-state index contributed by atoms with van der Waals surface area (Å²) in [5.41, 5.74) is -0.0787. The maximum absolute atomic E-state index is 13.7. The number of aryl methyl sites for hydroxylation is 1. The van der Waals surface area contributed by atoms with Crippen molar-refractivity contribution in [2.24, 2.45) is 4.99 Å². The number of fused-ring (bicyclic) bond motifs is 1. The van der Waals surface area contributed by atoms with Crippen molar-refractivity contribution in [1.82, 2.24) is 4.90 Å². The second-order valence-corrected chi connectivity index (χ2v) is 8.49. The number of hydrogen-bond acceptors (Lipinski definition) is 7. The minimum atomic E-state index is -4.80. The van der Waals surface area contributed by atoms with Crippen molar-refractivity contribution < 1.29 is 37.2 Å². The second-order valence-electron chi connectivity index (χ2n) is 7.43. The lowest BCUT2D eigenvalue weighted by Gasteiger charge is -2.41. The Kier molecular flexibility index (Phi) is 7.28. The number of alkyl halides is 3. The molecule has 0 saturated carbocycles. The van der Waals surface area contributed by atoms with Crippen LogP contribution in [0.4, 0.5) is 17.6 Å². The van der Waals surface area contributed by atoms with Crippen LogP contribution in [0.3, 0.4) is 0 Å². The molecule has 0 spiro atoms. The molecule has 6 atom stereocenters. The van der Waals surface area contributed by atoms with Gasteiger partial charge in [-0.25, -0.2) is 4.39 Å². The summed E-state index contributed by atoms with van der Waals surface area (Å²) in [6, 6.07) is 4.82. The summed E-state index contributed by atoms with van der Waals surface area (Å²) in [5.74, 6) is -0.390. The second kappa shape index (κ2) is 9.39. The molecule has 2 aliphatic rings. The van der Waals surface area contributed by atoms with Crippen LogP contribution >= 0.6 is 11.8 Å². The lowest BCUT2D eigenvalue weighted by Crippen LogP contribution is -2.61. The summed E-state index contributed by atoms with van der Waals surface area (Å²) in [6.45, 7) is -0.245. The molecule has 0 bridgehead atoms. The number of halogens is 4. The van der Waals surface area contributed by atoms with Gasteiger partial charge in [-0.05, 0) is 30.5 Å². The van der Waals surface area contributed by atoms with E-state index in [0.29, 0.717) is 11.6 Å². The highest BCUT2D eigenvalue weighted by Gasteiger charge is 2.57. The van der Waals surface area contributed by atoms with E-state index in [2.05, 4.69) is 4.99 Å². The van der Waals surface area contributed by atoms with Gasteiger partial charge < -0.3 is 24.6 Å². The highest BCUT2D eigenvalue weighted by atomic mass is 32.2. The van der Waals surface area contributed by atoms with Gasteiger partial charge in [0.1, 0.15) is 35.6 Å². The van der Waals surface area contributed by atoms with Crippen molar-refractivity contribution in [1.29, 1.82) is 0 Å². The fraction of sp³-hybridized carbons (Fsp3) is 0.632. The maximum atomic E-state index is 13.7. The first-order chi connectivity index (χ1) is 14.1. The van der Waals surface area contributed by atoms with Crippen LogP contribution in [0.15, 0.2) is 29.3 Å². The summed E-state index contributed by atoms with van der Waals surface area (Å²) in [7, 11) is 3.43. The van der Waals surface area contributed by atoms with Crippen molar-refractivity contribution in [3.63, 3.8) is 0 Å².